The van der Waals surface area contributed by atoms with Gasteiger partial charge in [0.2, 0.25) is 0 Å². The molecule has 0 aliphatic carbocycles. The molecule has 0 spiro atoms. The van der Waals surface area contributed by atoms with Crippen LogP contribution in [-0.4, -0.2) is 23.5 Å². The molecule has 2 aromatic rings. The lowest BCUT2D eigenvalue weighted by Crippen LogP contribution is -1.90. The van der Waals surface area contributed by atoms with Crippen LogP contribution in [0.4, 0.5) is 0 Å². The van der Waals surface area contributed by atoms with E-state index in [2.05, 4.69) is 5.16 Å². The number of rotatable bonds is 6. The number of aromatic nitrogens is 1. The molecule has 0 saturated carbocycles. The van der Waals surface area contributed by atoms with Gasteiger partial charge in [-0.05, 0) is 37.6 Å². The van der Waals surface area contributed by atoms with Crippen LogP contribution in [-0.2, 0) is 6.42 Å². The number of hydrogen-bond donors (Lipinski definition) is 1. The molecule has 18 heavy (non-hydrogen) atoms. The van der Waals surface area contributed by atoms with E-state index < -0.39 is 0 Å². The fraction of sp³-hybridized carbons (Fsp3) is 0.357. The Morgan fingerprint density at radius 3 is 2.72 bits per heavy atom. The van der Waals surface area contributed by atoms with Gasteiger partial charge in [0.25, 0.3) is 0 Å². The molecule has 2 rings (SSSR count). The van der Waals surface area contributed by atoms with Crippen molar-refractivity contribution >= 4 is 0 Å². The number of ether oxygens (including phenoxy) is 1. The summed E-state index contributed by atoms with van der Waals surface area (Å²) in [6, 6.07) is 9.66. The van der Waals surface area contributed by atoms with Gasteiger partial charge in [0.15, 0.2) is 0 Å². The molecule has 4 heteroatoms. The second-order valence-electron chi connectivity index (χ2n) is 3.96. The van der Waals surface area contributed by atoms with Gasteiger partial charge in [0, 0.05) is 24.7 Å². The van der Waals surface area contributed by atoms with E-state index in [1.54, 1.807) is 0 Å². The highest BCUT2D eigenvalue weighted by Crippen LogP contribution is 2.22. The summed E-state index contributed by atoms with van der Waals surface area (Å²) in [7, 11) is 0. The Balaban J connectivity index is 2.08. The Labute approximate surface area is 106 Å². The summed E-state index contributed by atoms with van der Waals surface area (Å²) >= 11 is 0. The SMILES string of the molecule is CCOc1ccc(-c2cc(CCCO)on2)cc1. The van der Waals surface area contributed by atoms with E-state index in [0.717, 1.165) is 22.8 Å². The van der Waals surface area contributed by atoms with Crippen LogP contribution in [0.3, 0.4) is 0 Å². The summed E-state index contributed by atoms with van der Waals surface area (Å²) in [5, 5.41) is 12.8. The first-order valence-electron chi connectivity index (χ1n) is 6.13. The molecule has 1 aromatic heterocycles. The summed E-state index contributed by atoms with van der Waals surface area (Å²) in [4.78, 5) is 0. The van der Waals surface area contributed by atoms with Gasteiger partial charge in [0.1, 0.15) is 17.2 Å². The summed E-state index contributed by atoms with van der Waals surface area (Å²) in [6.45, 7) is 2.78. The van der Waals surface area contributed by atoms with Gasteiger partial charge in [-0.3, -0.25) is 0 Å². The van der Waals surface area contributed by atoms with Crippen LogP contribution in [0, 0.1) is 0 Å². The summed E-state index contributed by atoms with van der Waals surface area (Å²) in [6.07, 6.45) is 1.40. The van der Waals surface area contributed by atoms with Gasteiger partial charge in [0.05, 0.1) is 6.61 Å². The van der Waals surface area contributed by atoms with E-state index in [1.807, 2.05) is 37.3 Å². The molecule has 0 unspecified atom stereocenters. The Hall–Kier alpha value is -1.81. The number of benzene rings is 1. The molecule has 0 saturated heterocycles. The van der Waals surface area contributed by atoms with Crippen molar-refractivity contribution in [2.45, 2.75) is 19.8 Å². The van der Waals surface area contributed by atoms with E-state index >= 15 is 0 Å². The predicted molar refractivity (Wildman–Crippen MR) is 68.5 cm³/mol. The zero-order valence-electron chi connectivity index (χ0n) is 10.4. The highest BCUT2D eigenvalue weighted by Gasteiger charge is 2.06. The lowest BCUT2D eigenvalue weighted by atomic mass is 10.1. The monoisotopic (exact) mass is 247 g/mol. The normalized spacial score (nSPS) is 10.6. The van der Waals surface area contributed by atoms with Crippen LogP contribution in [0.25, 0.3) is 11.3 Å². The van der Waals surface area contributed by atoms with Crippen molar-refractivity contribution in [1.29, 1.82) is 0 Å². The predicted octanol–water partition coefficient (Wildman–Crippen LogP) is 2.67. The van der Waals surface area contributed by atoms with Gasteiger partial charge in [-0.2, -0.15) is 0 Å². The largest absolute Gasteiger partial charge is 0.494 e. The fourth-order valence-corrected chi connectivity index (χ4v) is 1.71. The lowest BCUT2D eigenvalue weighted by Gasteiger charge is -2.02. The van der Waals surface area contributed by atoms with Gasteiger partial charge in [-0.1, -0.05) is 5.16 Å². The summed E-state index contributed by atoms with van der Waals surface area (Å²) < 4.78 is 10.6. The third-order valence-electron chi connectivity index (χ3n) is 2.60. The van der Waals surface area contributed by atoms with Crippen LogP contribution in [0.5, 0.6) is 5.75 Å². The average molecular weight is 247 g/mol. The molecule has 0 amide bonds. The Morgan fingerprint density at radius 1 is 1.28 bits per heavy atom. The quantitative estimate of drug-likeness (QED) is 0.852. The molecule has 0 atom stereocenters. The number of nitrogens with zero attached hydrogens (tertiary/aromatic N) is 1. The molecule has 4 nitrogen and oxygen atoms in total. The van der Waals surface area contributed by atoms with Crippen molar-refractivity contribution in [2.75, 3.05) is 13.2 Å². The third kappa shape index (κ3) is 3.11. The van der Waals surface area contributed by atoms with Crippen molar-refractivity contribution in [1.82, 2.24) is 5.16 Å². The van der Waals surface area contributed by atoms with Crippen molar-refractivity contribution in [3.63, 3.8) is 0 Å². The molecule has 0 radical (unpaired) electrons. The maximum Gasteiger partial charge on any atom is 0.137 e. The van der Waals surface area contributed by atoms with Crippen molar-refractivity contribution < 1.29 is 14.4 Å². The molecule has 1 N–H and O–H groups in total. The highest BCUT2D eigenvalue weighted by atomic mass is 16.5. The maximum atomic E-state index is 8.76. The zero-order valence-corrected chi connectivity index (χ0v) is 10.4. The molecular weight excluding hydrogens is 230 g/mol. The van der Waals surface area contributed by atoms with Crippen molar-refractivity contribution in [3.05, 3.63) is 36.1 Å². The standard InChI is InChI=1S/C14H17NO3/c1-2-17-12-7-5-11(6-8-12)14-10-13(18-15-14)4-3-9-16/h5-8,10,16H,2-4,9H2,1H3. The minimum atomic E-state index is 0.166. The van der Waals surface area contributed by atoms with E-state index in [-0.39, 0.29) is 6.61 Å². The summed E-state index contributed by atoms with van der Waals surface area (Å²) in [5.74, 6) is 1.65. The smallest absolute Gasteiger partial charge is 0.137 e. The van der Waals surface area contributed by atoms with Crippen molar-refractivity contribution in [2.24, 2.45) is 0 Å². The second-order valence-corrected chi connectivity index (χ2v) is 3.96. The molecule has 1 aromatic carbocycles. The maximum absolute atomic E-state index is 8.76. The first-order chi connectivity index (χ1) is 8.83. The molecule has 0 aliphatic heterocycles. The van der Waals surface area contributed by atoms with Gasteiger partial charge in [-0.25, -0.2) is 0 Å². The highest BCUT2D eigenvalue weighted by molar-refractivity contribution is 5.59. The minimum absolute atomic E-state index is 0.166. The third-order valence-corrected chi connectivity index (χ3v) is 2.60. The molecule has 0 bridgehead atoms. The van der Waals surface area contributed by atoms with E-state index in [1.165, 1.54) is 0 Å². The first kappa shape index (κ1) is 12.6. The molecule has 0 fully saturated rings. The van der Waals surface area contributed by atoms with Crippen LogP contribution in [0.1, 0.15) is 19.1 Å². The molecule has 96 valence electrons. The topological polar surface area (TPSA) is 55.5 Å². The fourth-order valence-electron chi connectivity index (χ4n) is 1.71. The average Bonchev–Trinajstić information content (AvgIpc) is 2.86. The van der Waals surface area contributed by atoms with Crippen molar-refractivity contribution in [3.8, 4) is 17.0 Å². The Bertz CT molecular complexity index is 476. The molecule has 0 aliphatic rings. The van der Waals surface area contributed by atoms with Gasteiger partial charge >= 0.3 is 0 Å². The molecular formula is C14H17NO3. The minimum Gasteiger partial charge on any atom is -0.494 e. The Kier molecular flexibility index (Phi) is 4.36. The summed E-state index contributed by atoms with van der Waals surface area (Å²) in [5.41, 5.74) is 1.81. The van der Waals surface area contributed by atoms with Crippen LogP contribution < -0.4 is 4.74 Å². The van der Waals surface area contributed by atoms with E-state index in [4.69, 9.17) is 14.4 Å². The van der Waals surface area contributed by atoms with Crippen LogP contribution in [0.15, 0.2) is 34.9 Å². The number of aliphatic hydroxyl groups excluding tert-OH is 1. The number of hydrogen-bond acceptors (Lipinski definition) is 4. The second kappa shape index (κ2) is 6.21. The lowest BCUT2D eigenvalue weighted by molar-refractivity contribution is 0.280. The van der Waals surface area contributed by atoms with Gasteiger partial charge in [-0.15, -0.1) is 0 Å². The van der Waals surface area contributed by atoms with Crippen LogP contribution >= 0.6 is 0 Å². The Morgan fingerprint density at radius 2 is 2.06 bits per heavy atom. The van der Waals surface area contributed by atoms with Gasteiger partial charge < -0.3 is 14.4 Å². The van der Waals surface area contributed by atoms with E-state index in [0.29, 0.717) is 19.4 Å². The first-order valence-corrected chi connectivity index (χ1v) is 6.13. The number of aryl methyl sites for hydroxylation is 1. The van der Waals surface area contributed by atoms with Crippen LogP contribution in [0.2, 0.25) is 0 Å². The van der Waals surface area contributed by atoms with E-state index in [9.17, 15) is 0 Å². The zero-order chi connectivity index (χ0) is 12.8. The number of aliphatic hydroxyl groups is 1. The molecule has 1 heterocycles.